The molecule has 8 heavy (non-hydrogen) atoms. The molecule has 0 N–H and O–H groups in total. The lowest BCUT2D eigenvalue weighted by Gasteiger charge is -1.80. The van der Waals surface area contributed by atoms with Crippen LogP contribution in [0.5, 0.6) is 0 Å². The highest BCUT2D eigenvalue weighted by Crippen LogP contribution is 2.04. The van der Waals surface area contributed by atoms with E-state index in [0.29, 0.717) is 5.76 Å². The second-order valence-corrected chi connectivity index (χ2v) is 1.56. The third-order valence-corrected chi connectivity index (χ3v) is 0.977. The van der Waals surface area contributed by atoms with Crippen LogP contribution in [0.1, 0.15) is 12.7 Å². The van der Waals surface area contributed by atoms with Gasteiger partial charge in [0, 0.05) is 12.5 Å². The Hall–Kier alpha value is -0.790. The van der Waals surface area contributed by atoms with E-state index < -0.39 is 6.01 Å². The van der Waals surface area contributed by atoms with E-state index in [0.717, 1.165) is 6.42 Å². The Balaban J connectivity index is 2.84. The topological polar surface area (TPSA) is 13.1 Å². The van der Waals surface area contributed by atoms with Crippen LogP contribution in [0.4, 0.5) is 4.39 Å². The standard InChI is InChI=1S/C6H7FO/c1-2-5-3-4-6(7)8-5/h3-4H,2H2,1H3. The molecule has 0 amide bonds. The number of furan rings is 1. The first-order valence-electron chi connectivity index (χ1n) is 2.57. The fourth-order valence-corrected chi connectivity index (χ4v) is 0.542. The van der Waals surface area contributed by atoms with Gasteiger partial charge in [0.2, 0.25) is 0 Å². The SMILES string of the molecule is CCc1ccc(F)o1. The summed E-state index contributed by atoms with van der Waals surface area (Å²) in [6.45, 7) is 1.91. The molecule has 0 aliphatic rings. The van der Waals surface area contributed by atoms with Gasteiger partial charge in [0.1, 0.15) is 5.76 Å². The Bertz CT molecular complexity index is 169. The first-order chi connectivity index (χ1) is 3.83. The van der Waals surface area contributed by atoms with Crippen molar-refractivity contribution in [1.82, 2.24) is 0 Å². The Morgan fingerprint density at radius 1 is 1.62 bits per heavy atom. The van der Waals surface area contributed by atoms with Crippen molar-refractivity contribution in [2.45, 2.75) is 13.3 Å². The third-order valence-electron chi connectivity index (χ3n) is 0.977. The average molecular weight is 114 g/mol. The maximum Gasteiger partial charge on any atom is 0.277 e. The molecule has 0 aliphatic heterocycles. The average Bonchev–Trinajstić information content (AvgIpc) is 2.14. The van der Waals surface area contributed by atoms with Gasteiger partial charge >= 0.3 is 0 Å². The molecule has 0 saturated heterocycles. The largest absolute Gasteiger partial charge is 0.436 e. The molecule has 0 fully saturated rings. The van der Waals surface area contributed by atoms with Crippen molar-refractivity contribution in [2.75, 3.05) is 0 Å². The molecule has 1 rings (SSSR count). The van der Waals surface area contributed by atoms with Crippen molar-refractivity contribution in [3.05, 3.63) is 23.9 Å². The highest BCUT2D eigenvalue weighted by molar-refractivity contribution is 4.98. The van der Waals surface area contributed by atoms with E-state index >= 15 is 0 Å². The van der Waals surface area contributed by atoms with Gasteiger partial charge in [0.15, 0.2) is 0 Å². The molecule has 0 bridgehead atoms. The van der Waals surface area contributed by atoms with E-state index in [9.17, 15) is 4.39 Å². The molecule has 0 atom stereocenters. The van der Waals surface area contributed by atoms with Crippen molar-refractivity contribution in [3.8, 4) is 0 Å². The van der Waals surface area contributed by atoms with Gasteiger partial charge in [0.05, 0.1) is 0 Å². The smallest absolute Gasteiger partial charge is 0.277 e. The van der Waals surface area contributed by atoms with Crippen LogP contribution in [0.2, 0.25) is 0 Å². The van der Waals surface area contributed by atoms with Crippen molar-refractivity contribution in [2.24, 2.45) is 0 Å². The Morgan fingerprint density at radius 3 is 2.62 bits per heavy atom. The molecule has 0 unspecified atom stereocenters. The van der Waals surface area contributed by atoms with E-state index in [-0.39, 0.29) is 0 Å². The number of rotatable bonds is 1. The predicted molar refractivity (Wildman–Crippen MR) is 28.0 cm³/mol. The molecule has 0 saturated carbocycles. The van der Waals surface area contributed by atoms with Gasteiger partial charge in [-0.05, 0) is 6.07 Å². The van der Waals surface area contributed by atoms with Crippen molar-refractivity contribution in [1.29, 1.82) is 0 Å². The van der Waals surface area contributed by atoms with Gasteiger partial charge in [0.25, 0.3) is 6.01 Å². The number of halogens is 1. The lowest BCUT2D eigenvalue weighted by Crippen LogP contribution is -1.68. The van der Waals surface area contributed by atoms with Gasteiger partial charge in [-0.15, -0.1) is 0 Å². The van der Waals surface area contributed by atoms with Gasteiger partial charge in [-0.2, -0.15) is 4.39 Å². The second-order valence-electron chi connectivity index (χ2n) is 1.56. The van der Waals surface area contributed by atoms with Gasteiger partial charge in [-0.3, -0.25) is 0 Å². The van der Waals surface area contributed by atoms with E-state index in [1.165, 1.54) is 6.07 Å². The molecule has 1 nitrogen and oxygen atoms in total. The summed E-state index contributed by atoms with van der Waals surface area (Å²) < 4.78 is 16.5. The first-order valence-corrected chi connectivity index (χ1v) is 2.57. The highest BCUT2D eigenvalue weighted by Gasteiger charge is 1.94. The summed E-state index contributed by atoms with van der Waals surface area (Å²) >= 11 is 0. The molecule has 44 valence electrons. The van der Waals surface area contributed by atoms with E-state index in [4.69, 9.17) is 0 Å². The molecule has 2 heteroatoms. The summed E-state index contributed by atoms with van der Waals surface area (Å²) in [6.07, 6.45) is 0.754. The fraction of sp³-hybridized carbons (Fsp3) is 0.333. The third kappa shape index (κ3) is 0.886. The van der Waals surface area contributed by atoms with E-state index in [1.807, 2.05) is 6.92 Å². The first kappa shape index (κ1) is 5.35. The molecular weight excluding hydrogens is 107 g/mol. The Labute approximate surface area is 47.1 Å². The lowest BCUT2D eigenvalue weighted by molar-refractivity contribution is 0.339. The quantitative estimate of drug-likeness (QED) is 0.544. The number of hydrogen-bond donors (Lipinski definition) is 0. The zero-order chi connectivity index (χ0) is 5.98. The number of aryl methyl sites for hydroxylation is 1. The molecule has 0 aliphatic carbocycles. The van der Waals surface area contributed by atoms with Crippen LogP contribution >= 0.6 is 0 Å². The van der Waals surface area contributed by atoms with E-state index in [2.05, 4.69) is 4.42 Å². The zero-order valence-corrected chi connectivity index (χ0v) is 4.65. The molecule has 0 aromatic carbocycles. The zero-order valence-electron chi connectivity index (χ0n) is 4.65. The van der Waals surface area contributed by atoms with Crippen molar-refractivity contribution < 1.29 is 8.81 Å². The van der Waals surface area contributed by atoms with Gasteiger partial charge in [-0.25, -0.2) is 0 Å². The predicted octanol–water partition coefficient (Wildman–Crippen LogP) is 1.98. The Kier molecular flexibility index (Phi) is 1.33. The lowest BCUT2D eigenvalue weighted by atomic mass is 10.4. The monoisotopic (exact) mass is 114 g/mol. The summed E-state index contributed by atoms with van der Waals surface area (Å²) in [5.41, 5.74) is 0. The molecule has 1 aromatic heterocycles. The van der Waals surface area contributed by atoms with Crippen molar-refractivity contribution in [3.63, 3.8) is 0 Å². The van der Waals surface area contributed by atoms with Crippen LogP contribution in [0, 0.1) is 6.01 Å². The maximum absolute atomic E-state index is 11.9. The van der Waals surface area contributed by atoms with Gasteiger partial charge < -0.3 is 4.42 Å². The number of hydrogen-bond acceptors (Lipinski definition) is 1. The molecular formula is C6H7FO. The summed E-state index contributed by atoms with van der Waals surface area (Å²) in [5.74, 6) is 0.697. The molecule has 1 heterocycles. The fourth-order valence-electron chi connectivity index (χ4n) is 0.542. The van der Waals surface area contributed by atoms with Crippen LogP contribution in [0.25, 0.3) is 0 Å². The van der Waals surface area contributed by atoms with E-state index in [1.54, 1.807) is 6.07 Å². The maximum atomic E-state index is 11.9. The summed E-state index contributed by atoms with van der Waals surface area (Å²) in [5, 5.41) is 0. The van der Waals surface area contributed by atoms with Crippen LogP contribution < -0.4 is 0 Å². The Morgan fingerprint density at radius 2 is 2.38 bits per heavy atom. The minimum atomic E-state index is -0.498. The van der Waals surface area contributed by atoms with Gasteiger partial charge in [-0.1, -0.05) is 6.92 Å². The second kappa shape index (κ2) is 1.99. The van der Waals surface area contributed by atoms with Crippen LogP contribution in [-0.2, 0) is 6.42 Å². The van der Waals surface area contributed by atoms with Crippen LogP contribution in [0.15, 0.2) is 16.5 Å². The minimum Gasteiger partial charge on any atom is -0.436 e. The molecule has 0 radical (unpaired) electrons. The molecule has 0 spiro atoms. The molecule has 1 aromatic rings. The summed E-state index contributed by atoms with van der Waals surface area (Å²) in [7, 11) is 0. The normalized spacial score (nSPS) is 9.75. The van der Waals surface area contributed by atoms with Crippen LogP contribution in [0.3, 0.4) is 0 Å². The van der Waals surface area contributed by atoms with Crippen LogP contribution in [-0.4, -0.2) is 0 Å². The highest BCUT2D eigenvalue weighted by atomic mass is 19.1. The minimum absolute atomic E-state index is 0.498. The summed E-state index contributed by atoms with van der Waals surface area (Å²) in [6, 6.07) is 2.45. The van der Waals surface area contributed by atoms with Crippen molar-refractivity contribution >= 4 is 0 Å². The summed E-state index contributed by atoms with van der Waals surface area (Å²) in [4.78, 5) is 0.